The first-order valence-corrected chi connectivity index (χ1v) is 8.72. The lowest BCUT2D eigenvalue weighted by atomic mass is 10.0. The number of hydrogen-bond donors (Lipinski definition) is 1. The summed E-state index contributed by atoms with van der Waals surface area (Å²) in [4.78, 5) is 16.1. The Balaban J connectivity index is 1.89. The number of nitriles is 1. The van der Waals surface area contributed by atoms with Gasteiger partial charge in [-0.2, -0.15) is 18.4 Å². The van der Waals surface area contributed by atoms with E-state index in [2.05, 4.69) is 15.0 Å². The van der Waals surface area contributed by atoms with Gasteiger partial charge in [0, 0.05) is 16.6 Å². The summed E-state index contributed by atoms with van der Waals surface area (Å²) in [5.41, 5.74) is 0.945. The lowest BCUT2D eigenvalue weighted by molar-refractivity contribution is -0.137. The Labute approximate surface area is 162 Å². The van der Waals surface area contributed by atoms with Crippen LogP contribution in [0.5, 0.6) is 0 Å². The molecule has 1 heterocycles. The Morgan fingerprint density at radius 3 is 2.71 bits per heavy atom. The van der Waals surface area contributed by atoms with Crippen molar-refractivity contribution in [3.63, 3.8) is 0 Å². The van der Waals surface area contributed by atoms with Crippen molar-refractivity contribution >= 4 is 28.1 Å². The molecule has 142 valence electrons. The maximum Gasteiger partial charge on any atom is 0.416 e. The number of carbonyl (C=O) groups excluding carboxylic acids is 1. The van der Waals surface area contributed by atoms with Gasteiger partial charge in [-0.25, -0.2) is 9.78 Å². The molecule has 0 spiro atoms. The van der Waals surface area contributed by atoms with Crippen molar-refractivity contribution in [2.75, 3.05) is 12.4 Å². The topological polar surface area (TPSA) is 75.0 Å². The Kier molecular flexibility index (Phi) is 5.33. The van der Waals surface area contributed by atoms with Crippen LogP contribution in [0.1, 0.15) is 21.5 Å². The van der Waals surface area contributed by atoms with Gasteiger partial charge in [-0.15, -0.1) is 11.3 Å². The van der Waals surface area contributed by atoms with Gasteiger partial charge >= 0.3 is 12.1 Å². The lowest BCUT2D eigenvalue weighted by Gasteiger charge is -2.09. The third-order valence-corrected chi connectivity index (χ3v) is 4.48. The number of alkyl halides is 3. The number of aromatic nitrogens is 1. The largest absolute Gasteiger partial charge is 0.465 e. The maximum atomic E-state index is 12.8. The van der Waals surface area contributed by atoms with Crippen LogP contribution in [0.4, 0.5) is 24.0 Å². The van der Waals surface area contributed by atoms with Gasteiger partial charge in [0.05, 0.1) is 35.6 Å². The van der Waals surface area contributed by atoms with Gasteiger partial charge in [-0.1, -0.05) is 6.07 Å². The quantitative estimate of drug-likeness (QED) is 0.604. The second-order valence-electron chi connectivity index (χ2n) is 5.64. The van der Waals surface area contributed by atoms with Gasteiger partial charge in [0.25, 0.3) is 0 Å². The molecule has 0 saturated carbocycles. The predicted molar refractivity (Wildman–Crippen MR) is 98.3 cm³/mol. The molecule has 9 heteroatoms. The number of ether oxygens (including phenoxy) is 1. The van der Waals surface area contributed by atoms with E-state index in [1.807, 2.05) is 6.07 Å². The first-order valence-electron chi connectivity index (χ1n) is 7.84. The molecule has 0 bridgehead atoms. The molecule has 0 radical (unpaired) electrons. The van der Waals surface area contributed by atoms with Gasteiger partial charge in [0.2, 0.25) is 0 Å². The van der Waals surface area contributed by atoms with Crippen LogP contribution in [0, 0.1) is 11.3 Å². The van der Waals surface area contributed by atoms with E-state index in [0.29, 0.717) is 16.4 Å². The van der Waals surface area contributed by atoms with Crippen molar-refractivity contribution in [2.45, 2.75) is 6.18 Å². The monoisotopic (exact) mass is 403 g/mol. The minimum Gasteiger partial charge on any atom is -0.465 e. The van der Waals surface area contributed by atoms with E-state index in [1.54, 1.807) is 11.4 Å². The standard InChI is InChI=1S/C19H12F3N3O2S/c1-27-17(26)13-6-11(9-23)5-12(7-13)16-10-28-18(25-16)24-15-4-2-3-14(8-15)19(20,21)22/h2-8,10H,1H3,(H,24,25). The smallest absolute Gasteiger partial charge is 0.416 e. The van der Waals surface area contributed by atoms with E-state index in [9.17, 15) is 18.0 Å². The molecule has 0 aliphatic heterocycles. The van der Waals surface area contributed by atoms with Crippen LogP contribution >= 0.6 is 11.3 Å². The molecular weight excluding hydrogens is 391 g/mol. The van der Waals surface area contributed by atoms with E-state index >= 15 is 0 Å². The molecule has 0 fully saturated rings. The predicted octanol–water partition coefficient (Wildman–Crippen LogP) is 5.23. The third kappa shape index (κ3) is 4.29. The number of anilines is 2. The second-order valence-corrected chi connectivity index (χ2v) is 6.50. The minimum atomic E-state index is -4.44. The number of halogens is 3. The van der Waals surface area contributed by atoms with Crippen molar-refractivity contribution < 1.29 is 22.7 Å². The van der Waals surface area contributed by atoms with E-state index in [4.69, 9.17) is 5.26 Å². The molecule has 2 aromatic carbocycles. The van der Waals surface area contributed by atoms with Crippen LogP contribution in [0.2, 0.25) is 0 Å². The Bertz CT molecular complexity index is 1070. The number of carbonyl (C=O) groups is 1. The van der Waals surface area contributed by atoms with Crippen LogP contribution in [0.3, 0.4) is 0 Å². The number of thiazole rings is 1. The Hall–Kier alpha value is -3.38. The number of nitrogens with zero attached hydrogens (tertiary/aromatic N) is 2. The molecule has 3 aromatic rings. The fraction of sp³-hybridized carbons (Fsp3) is 0.105. The number of benzene rings is 2. The van der Waals surface area contributed by atoms with Crippen molar-refractivity contribution in [3.05, 3.63) is 64.5 Å². The van der Waals surface area contributed by atoms with Crippen molar-refractivity contribution in [1.82, 2.24) is 4.98 Å². The molecule has 0 aliphatic rings. The molecule has 28 heavy (non-hydrogen) atoms. The van der Waals surface area contributed by atoms with E-state index in [-0.39, 0.29) is 16.8 Å². The lowest BCUT2D eigenvalue weighted by Crippen LogP contribution is -2.05. The molecule has 1 N–H and O–H groups in total. The number of nitrogens with one attached hydrogen (secondary N) is 1. The summed E-state index contributed by atoms with van der Waals surface area (Å²) in [6, 6.07) is 11.3. The summed E-state index contributed by atoms with van der Waals surface area (Å²) in [5, 5.41) is 14.0. The molecule has 0 amide bonds. The van der Waals surface area contributed by atoms with Crippen molar-refractivity contribution in [1.29, 1.82) is 5.26 Å². The molecule has 0 saturated heterocycles. The summed E-state index contributed by atoms with van der Waals surface area (Å²) < 4.78 is 43.2. The summed E-state index contributed by atoms with van der Waals surface area (Å²) >= 11 is 1.18. The fourth-order valence-corrected chi connectivity index (χ4v) is 3.18. The highest BCUT2D eigenvalue weighted by Crippen LogP contribution is 2.33. The van der Waals surface area contributed by atoms with Gasteiger partial charge in [-0.3, -0.25) is 0 Å². The summed E-state index contributed by atoms with van der Waals surface area (Å²) in [5.74, 6) is -0.587. The molecule has 3 rings (SSSR count). The molecular formula is C19H12F3N3O2S. The van der Waals surface area contributed by atoms with E-state index < -0.39 is 17.7 Å². The first kappa shape index (κ1) is 19.4. The zero-order valence-corrected chi connectivity index (χ0v) is 15.2. The van der Waals surface area contributed by atoms with Crippen LogP contribution in [-0.2, 0) is 10.9 Å². The van der Waals surface area contributed by atoms with Crippen LogP contribution in [0.15, 0.2) is 47.8 Å². The molecule has 0 atom stereocenters. The van der Waals surface area contributed by atoms with Crippen LogP contribution < -0.4 is 5.32 Å². The third-order valence-electron chi connectivity index (χ3n) is 3.72. The number of rotatable bonds is 4. The Morgan fingerprint density at radius 1 is 1.25 bits per heavy atom. The minimum absolute atomic E-state index is 0.205. The highest BCUT2D eigenvalue weighted by Gasteiger charge is 2.30. The fourth-order valence-electron chi connectivity index (χ4n) is 2.44. The van der Waals surface area contributed by atoms with E-state index in [1.165, 1.54) is 42.7 Å². The van der Waals surface area contributed by atoms with Gasteiger partial charge in [-0.05, 0) is 36.4 Å². The molecule has 0 aliphatic carbocycles. The highest BCUT2D eigenvalue weighted by molar-refractivity contribution is 7.14. The van der Waals surface area contributed by atoms with E-state index in [0.717, 1.165) is 12.1 Å². The van der Waals surface area contributed by atoms with Crippen molar-refractivity contribution in [3.8, 4) is 17.3 Å². The summed E-state index contributed by atoms with van der Waals surface area (Å²) in [6.45, 7) is 0. The van der Waals surface area contributed by atoms with Gasteiger partial charge in [0.15, 0.2) is 5.13 Å². The van der Waals surface area contributed by atoms with Gasteiger partial charge in [0.1, 0.15) is 0 Å². The average Bonchev–Trinajstić information content (AvgIpc) is 3.15. The zero-order chi connectivity index (χ0) is 20.3. The van der Waals surface area contributed by atoms with Crippen molar-refractivity contribution in [2.24, 2.45) is 0 Å². The molecule has 5 nitrogen and oxygen atoms in total. The summed E-state index contributed by atoms with van der Waals surface area (Å²) in [7, 11) is 1.24. The molecule has 1 aromatic heterocycles. The average molecular weight is 403 g/mol. The zero-order valence-electron chi connectivity index (χ0n) is 14.4. The number of esters is 1. The normalized spacial score (nSPS) is 11.0. The number of hydrogen-bond acceptors (Lipinski definition) is 6. The first-order chi connectivity index (χ1) is 13.3. The van der Waals surface area contributed by atoms with Gasteiger partial charge < -0.3 is 10.1 Å². The summed E-state index contributed by atoms with van der Waals surface area (Å²) in [6.07, 6.45) is -4.44. The highest BCUT2D eigenvalue weighted by atomic mass is 32.1. The maximum absolute atomic E-state index is 12.8. The number of methoxy groups -OCH3 is 1. The SMILES string of the molecule is COC(=O)c1cc(C#N)cc(-c2csc(Nc3cccc(C(F)(F)F)c3)n2)c1. The Morgan fingerprint density at radius 2 is 2.04 bits per heavy atom. The van der Waals surface area contributed by atoms with Crippen LogP contribution in [-0.4, -0.2) is 18.1 Å². The van der Waals surface area contributed by atoms with Crippen LogP contribution in [0.25, 0.3) is 11.3 Å². The molecule has 0 unspecified atom stereocenters. The second kappa shape index (κ2) is 7.70.